The lowest BCUT2D eigenvalue weighted by Gasteiger charge is -2.26. The lowest BCUT2D eigenvalue weighted by atomic mass is 10.5. The smallest absolute Gasteiger partial charge is 0.340 e. The number of nitrogens with two attached hydrogens (primary N) is 1. The number of hydrogen-bond acceptors (Lipinski definition) is 3. The zero-order chi connectivity index (χ0) is 16.2. The summed E-state index contributed by atoms with van der Waals surface area (Å²) in [6.07, 6.45) is -0.462. The summed E-state index contributed by atoms with van der Waals surface area (Å²) in [6.45, 7) is -1.89. The molecule has 0 fully saturated rings. The minimum atomic E-state index is -4.13. The molecule has 0 aromatic carbocycles. The third-order valence-electron chi connectivity index (χ3n) is 1.47. The van der Waals surface area contributed by atoms with Gasteiger partial charge in [0.1, 0.15) is 0 Å². The molecule has 0 aromatic rings. The number of aliphatic carboxylic acids is 1. The van der Waals surface area contributed by atoms with E-state index in [9.17, 15) is 9.36 Å². The van der Waals surface area contributed by atoms with E-state index in [4.69, 9.17) is 43.8 Å². The van der Waals surface area contributed by atoms with Gasteiger partial charge in [0.2, 0.25) is 0 Å². The number of carboxylic acids is 1. The SMILES string of the molecule is [2H]C([2H])(Cl)CN(CC([2H])([2H])Cl)P(N)(=O)OCCC(=O)O. The van der Waals surface area contributed by atoms with Gasteiger partial charge in [0.15, 0.2) is 0 Å². The molecule has 0 aliphatic rings. The molecule has 0 amide bonds. The van der Waals surface area contributed by atoms with Crippen LogP contribution in [0.3, 0.4) is 0 Å². The number of alkyl halides is 2. The maximum atomic E-state index is 12.1. The van der Waals surface area contributed by atoms with Gasteiger partial charge in [-0.1, -0.05) is 0 Å². The van der Waals surface area contributed by atoms with Gasteiger partial charge in [-0.05, 0) is 0 Å². The van der Waals surface area contributed by atoms with Crippen molar-refractivity contribution in [2.45, 2.75) is 6.42 Å². The van der Waals surface area contributed by atoms with Crippen LogP contribution in [0.15, 0.2) is 0 Å². The molecular weight excluding hydrogens is 278 g/mol. The molecule has 0 aliphatic carbocycles. The lowest BCUT2D eigenvalue weighted by molar-refractivity contribution is -0.137. The van der Waals surface area contributed by atoms with Crippen LogP contribution in [0.2, 0.25) is 0 Å². The predicted octanol–water partition coefficient (Wildman–Crippen LogP) is 1.32. The van der Waals surface area contributed by atoms with Gasteiger partial charge in [-0.15, -0.1) is 23.2 Å². The monoisotopic (exact) mass is 296 g/mol. The van der Waals surface area contributed by atoms with Gasteiger partial charge in [-0.3, -0.25) is 9.36 Å². The second-order valence-electron chi connectivity index (χ2n) is 2.63. The maximum Gasteiger partial charge on any atom is 0.340 e. The summed E-state index contributed by atoms with van der Waals surface area (Å²) < 4.78 is 46.2. The molecule has 1 atom stereocenters. The Kier molecular flexibility index (Phi) is 5.24. The predicted molar refractivity (Wildman–Crippen MR) is 63.0 cm³/mol. The second-order valence-corrected chi connectivity index (χ2v) is 5.12. The third kappa shape index (κ3) is 6.68. The Morgan fingerprint density at radius 1 is 1.50 bits per heavy atom. The highest BCUT2D eigenvalue weighted by molar-refractivity contribution is 7.53. The summed E-state index contributed by atoms with van der Waals surface area (Å²) in [5, 5.41) is 8.44. The molecule has 0 saturated heterocycles. The van der Waals surface area contributed by atoms with Crippen molar-refractivity contribution < 1.29 is 24.5 Å². The molecule has 0 heterocycles. The molecule has 0 bridgehead atoms. The van der Waals surface area contributed by atoms with E-state index in [1.54, 1.807) is 0 Å². The molecule has 1 unspecified atom stereocenters. The average Bonchev–Trinajstić information content (AvgIpc) is 2.10. The molecule has 0 aromatic heterocycles. The summed E-state index contributed by atoms with van der Waals surface area (Å²) in [6, 6.07) is 0. The number of carbonyl (C=O) groups is 1. The van der Waals surface area contributed by atoms with E-state index in [1.807, 2.05) is 0 Å². The summed E-state index contributed by atoms with van der Waals surface area (Å²) in [5.74, 6) is -5.88. The van der Waals surface area contributed by atoms with Gasteiger partial charge in [0.05, 0.1) is 13.0 Å². The molecule has 16 heavy (non-hydrogen) atoms. The summed E-state index contributed by atoms with van der Waals surface area (Å²) >= 11 is 10.7. The molecular formula is C7H15Cl2N2O4P. The third-order valence-corrected chi connectivity index (χ3v) is 3.33. The van der Waals surface area contributed by atoms with Crippen LogP contribution >= 0.6 is 30.9 Å². The Hall–Kier alpha value is 0.160. The number of carboxylic acid groups (broad SMARTS) is 1. The van der Waals surface area contributed by atoms with Gasteiger partial charge < -0.3 is 9.63 Å². The fourth-order valence-electron chi connectivity index (χ4n) is 0.736. The normalized spacial score (nSPS) is 20.5. The van der Waals surface area contributed by atoms with E-state index in [1.165, 1.54) is 0 Å². The highest BCUT2D eigenvalue weighted by Crippen LogP contribution is 2.42. The topological polar surface area (TPSA) is 92.9 Å². The van der Waals surface area contributed by atoms with Crippen LogP contribution in [0.25, 0.3) is 0 Å². The van der Waals surface area contributed by atoms with Crippen molar-refractivity contribution in [1.29, 1.82) is 0 Å². The number of rotatable bonds is 9. The Morgan fingerprint density at radius 3 is 2.38 bits per heavy atom. The number of hydrogen-bond donors (Lipinski definition) is 2. The van der Waals surface area contributed by atoms with Crippen LogP contribution in [0.5, 0.6) is 0 Å². The average molecular weight is 297 g/mol. The maximum absolute atomic E-state index is 12.1. The van der Waals surface area contributed by atoms with Gasteiger partial charge in [0.25, 0.3) is 0 Å². The van der Waals surface area contributed by atoms with Crippen molar-refractivity contribution in [3.8, 4) is 0 Å². The van der Waals surface area contributed by atoms with Crippen molar-refractivity contribution >= 4 is 36.8 Å². The van der Waals surface area contributed by atoms with E-state index in [0.29, 0.717) is 4.67 Å². The Bertz CT molecular complexity index is 374. The quantitative estimate of drug-likeness (QED) is 0.492. The summed E-state index contributed by atoms with van der Waals surface area (Å²) in [4.78, 5) is 10.3. The minimum Gasteiger partial charge on any atom is -0.481 e. The highest BCUT2D eigenvalue weighted by atomic mass is 35.5. The zero-order valence-electron chi connectivity index (χ0n) is 12.2. The number of halogens is 2. The Balaban J connectivity index is 4.89. The Morgan fingerprint density at radius 2 is 2.00 bits per heavy atom. The molecule has 6 nitrogen and oxygen atoms in total. The fourth-order valence-corrected chi connectivity index (χ4v) is 2.24. The Labute approximate surface area is 110 Å². The standard InChI is InChI=1S/C7H15Cl2N2O4P/c8-2-4-11(5-3-9)16(10,14)15-6-1-7(12)13/h1-6H2,(H2,10,14)(H,12,13)/i2D2,3D2. The van der Waals surface area contributed by atoms with Crippen LogP contribution in [0, 0.1) is 0 Å². The molecule has 0 spiro atoms. The van der Waals surface area contributed by atoms with Crippen LogP contribution in [-0.2, 0) is 13.9 Å². The van der Waals surface area contributed by atoms with Crippen LogP contribution in [0.4, 0.5) is 0 Å². The molecule has 0 aliphatic heterocycles. The molecule has 0 radical (unpaired) electrons. The summed E-state index contributed by atoms with van der Waals surface area (Å²) in [5.41, 5.74) is 5.38. The van der Waals surface area contributed by atoms with Gasteiger partial charge in [-0.2, -0.15) is 0 Å². The van der Waals surface area contributed by atoms with Gasteiger partial charge >= 0.3 is 13.6 Å². The highest BCUT2D eigenvalue weighted by Gasteiger charge is 2.26. The van der Waals surface area contributed by atoms with Gasteiger partial charge in [0, 0.05) is 30.2 Å². The first-order valence-electron chi connectivity index (χ1n) is 6.11. The van der Waals surface area contributed by atoms with Crippen molar-refractivity contribution in [2.75, 3.05) is 31.4 Å². The molecule has 0 rings (SSSR count). The molecule has 96 valence electrons. The molecule has 3 N–H and O–H groups in total. The largest absolute Gasteiger partial charge is 0.481 e. The number of nitrogens with zero attached hydrogens (tertiary/aromatic N) is 1. The van der Waals surface area contributed by atoms with E-state index in [0.717, 1.165) is 0 Å². The van der Waals surface area contributed by atoms with E-state index in [-0.39, 0.29) is 0 Å². The van der Waals surface area contributed by atoms with E-state index < -0.39 is 51.4 Å². The first kappa shape index (κ1) is 10.1. The van der Waals surface area contributed by atoms with Crippen LogP contribution in [0.1, 0.15) is 11.9 Å². The van der Waals surface area contributed by atoms with Crippen LogP contribution < -0.4 is 5.50 Å². The summed E-state index contributed by atoms with van der Waals surface area (Å²) in [7, 11) is -4.13. The van der Waals surface area contributed by atoms with E-state index >= 15 is 0 Å². The van der Waals surface area contributed by atoms with Crippen molar-refractivity contribution in [2.24, 2.45) is 5.50 Å². The molecule has 9 heteroatoms. The van der Waals surface area contributed by atoms with Crippen molar-refractivity contribution in [3.05, 3.63) is 0 Å². The van der Waals surface area contributed by atoms with Crippen LogP contribution in [-0.4, -0.2) is 47.1 Å². The first-order valence-corrected chi connectivity index (χ1v) is 6.51. The second kappa shape index (κ2) is 8.28. The first-order chi connectivity index (χ1) is 8.73. The lowest BCUT2D eigenvalue weighted by Crippen LogP contribution is -2.30. The van der Waals surface area contributed by atoms with E-state index in [2.05, 4.69) is 0 Å². The molecule has 0 saturated carbocycles. The zero-order valence-corrected chi connectivity index (χ0v) is 10.6. The van der Waals surface area contributed by atoms with Gasteiger partial charge in [-0.25, -0.2) is 10.2 Å². The minimum absolute atomic E-state index is 0.462. The fraction of sp³-hybridized carbons (Fsp3) is 0.857. The van der Waals surface area contributed by atoms with Crippen molar-refractivity contribution in [3.63, 3.8) is 0 Å². The van der Waals surface area contributed by atoms with Crippen molar-refractivity contribution in [1.82, 2.24) is 4.67 Å².